The molecule has 2 aromatic carbocycles. The lowest BCUT2D eigenvalue weighted by atomic mass is 10.1. The summed E-state index contributed by atoms with van der Waals surface area (Å²) >= 11 is 0. The lowest BCUT2D eigenvalue weighted by Gasteiger charge is -2.29. The van der Waals surface area contributed by atoms with Crippen LogP contribution in [0.1, 0.15) is 23.7 Å². The van der Waals surface area contributed by atoms with Crippen LogP contribution in [0.5, 0.6) is 0 Å². The molecule has 27 heavy (non-hydrogen) atoms. The van der Waals surface area contributed by atoms with Crippen LogP contribution in [0.25, 0.3) is 10.9 Å². The van der Waals surface area contributed by atoms with Gasteiger partial charge in [-0.05, 0) is 43.7 Å². The zero-order valence-corrected chi connectivity index (χ0v) is 15.2. The Bertz CT molecular complexity index is 1090. The highest BCUT2D eigenvalue weighted by molar-refractivity contribution is 6.14. The van der Waals surface area contributed by atoms with Crippen molar-refractivity contribution in [1.82, 2.24) is 4.98 Å². The van der Waals surface area contributed by atoms with E-state index in [0.29, 0.717) is 10.9 Å². The molecule has 1 atom stereocenters. The van der Waals surface area contributed by atoms with Crippen LogP contribution >= 0.6 is 0 Å². The van der Waals surface area contributed by atoms with Crippen molar-refractivity contribution in [3.05, 3.63) is 70.3 Å². The van der Waals surface area contributed by atoms with Crippen molar-refractivity contribution in [2.24, 2.45) is 0 Å². The molecule has 0 bridgehead atoms. The molecule has 2 heterocycles. The molecule has 5 nitrogen and oxygen atoms in total. The third-order valence-electron chi connectivity index (χ3n) is 5.13. The Morgan fingerprint density at radius 2 is 1.89 bits per heavy atom. The highest BCUT2D eigenvalue weighted by Crippen LogP contribution is 2.35. The second kappa shape index (κ2) is 6.54. The van der Waals surface area contributed by atoms with Crippen LogP contribution in [0.4, 0.5) is 15.8 Å². The van der Waals surface area contributed by atoms with Gasteiger partial charge in [0.05, 0.1) is 22.5 Å². The number of fused-ring (bicyclic) bond motifs is 2. The molecule has 0 aliphatic carbocycles. The molecule has 1 aromatic heterocycles. The number of hydrogen-bond acceptors (Lipinski definition) is 3. The van der Waals surface area contributed by atoms with Crippen LogP contribution in [0.3, 0.4) is 0 Å². The number of pyridine rings is 1. The molecule has 1 amide bonds. The van der Waals surface area contributed by atoms with Crippen LogP contribution in [0.2, 0.25) is 0 Å². The van der Waals surface area contributed by atoms with Crippen molar-refractivity contribution in [2.75, 3.05) is 23.4 Å². The third-order valence-corrected chi connectivity index (χ3v) is 5.13. The van der Waals surface area contributed by atoms with Gasteiger partial charge < -0.3 is 14.8 Å². The summed E-state index contributed by atoms with van der Waals surface area (Å²) < 4.78 is 13.6. The summed E-state index contributed by atoms with van der Waals surface area (Å²) in [6.45, 7) is 2.83. The van der Waals surface area contributed by atoms with Gasteiger partial charge in [-0.15, -0.1) is 0 Å². The van der Waals surface area contributed by atoms with E-state index in [0.717, 1.165) is 24.3 Å². The maximum Gasteiger partial charge on any atom is 0.259 e. The number of para-hydroxylation sites is 2. The van der Waals surface area contributed by atoms with Gasteiger partial charge in [-0.25, -0.2) is 4.39 Å². The van der Waals surface area contributed by atoms with Crippen molar-refractivity contribution < 1.29 is 9.18 Å². The van der Waals surface area contributed by atoms with Gasteiger partial charge in [0.1, 0.15) is 5.82 Å². The van der Waals surface area contributed by atoms with Crippen LogP contribution in [0, 0.1) is 5.82 Å². The average Bonchev–Trinajstić information content (AvgIpc) is 2.77. The predicted molar refractivity (Wildman–Crippen MR) is 105 cm³/mol. The van der Waals surface area contributed by atoms with E-state index in [-0.39, 0.29) is 17.5 Å². The van der Waals surface area contributed by atoms with E-state index in [1.165, 1.54) is 24.3 Å². The second-order valence-corrected chi connectivity index (χ2v) is 6.96. The number of halogens is 1. The highest BCUT2D eigenvalue weighted by atomic mass is 19.1. The number of carbonyl (C=O) groups is 1. The minimum Gasteiger partial charge on any atom is -0.373 e. The molecule has 0 saturated heterocycles. The van der Waals surface area contributed by atoms with E-state index in [1.807, 2.05) is 38.2 Å². The van der Waals surface area contributed by atoms with Gasteiger partial charge in [0.15, 0.2) is 0 Å². The first-order valence-electron chi connectivity index (χ1n) is 8.92. The minimum absolute atomic E-state index is 0.0432. The number of benzene rings is 2. The minimum atomic E-state index is -0.460. The van der Waals surface area contributed by atoms with Crippen molar-refractivity contribution in [2.45, 2.75) is 19.4 Å². The van der Waals surface area contributed by atoms with Gasteiger partial charge in [0, 0.05) is 31.1 Å². The van der Waals surface area contributed by atoms with Gasteiger partial charge in [-0.1, -0.05) is 12.1 Å². The second-order valence-electron chi connectivity index (χ2n) is 6.96. The van der Waals surface area contributed by atoms with Crippen LogP contribution < -0.4 is 15.4 Å². The van der Waals surface area contributed by atoms with E-state index in [2.05, 4.69) is 9.88 Å². The summed E-state index contributed by atoms with van der Waals surface area (Å²) in [5, 5.41) is 0.531. The molecule has 1 N–H and O–H groups in total. The summed E-state index contributed by atoms with van der Waals surface area (Å²) in [4.78, 5) is 32.1. The molecule has 4 rings (SSSR count). The predicted octanol–water partition coefficient (Wildman–Crippen LogP) is 3.54. The Labute approximate surface area is 156 Å². The van der Waals surface area contributed by atoms with Crippen LogP contribution in [-0.2, 0) is 0 Å². The monoisotopic (exact) mass is 365 g/mol. The van der Waals surface area contributed by atoms with E-state index >= 15 is 0 Å². The van der Waals surface area contributed by atoms with Crippen LogP contribution in [-0.4, -0.2) is 30.5 Å². The van der Waals surface area contributed by atoms with Crippen molar-refractivity contribution in [1.29, 1.82) is 0 Å². The SMILES string of the molecule is CC1CCN(C)c2ccccc2N1C(=O)c1cc(=O)[nH]c2cc(F)ccc12. The normalized spacial score (nSPS) is 16.9. The van der Waals surface area contributed by atoms with Gasteiger partial charge in [0.25, 0.3) is 5.91 Å². The standard InChI is InChI=1S/C21H20FN3O2/c1-13-9-10-24(2)18-5-3-4-6-19(18)25(13)21(27)16-12-20(26)23-17-11-14(22)7-8-15(16)17/h3-8,11-13H,9-10H2,1-2H3,(H,23,26). The van der Waals surface area contributed by atoms with Crippen molar-refractivity contribution in [3.63, 3.8) is 0 Å². The summed E-state index contributed by atoms with van der Waals surface area (Å²) in [6, 6.07) is 13.1. The number of amides is 1. The number of aromatic nitrogens is 1. The number of anilines is 2. The zero-order valence-electron chi connectivity index (χ0n) is 15.2. The largest absolute Gasteiger partial charge is 0.373 e. The quantitative estimate of drug-likeness (QED) is 0.718. The Kier molecular flexibility index (Phi) is 4.18. The number of nitrogens with zero attached hydrogens (tertiary/aromatic N) is 2. The number of H-pyrrole nitrogens is 1. The summed E-state index contributed by atoms with van der Waals surface area (Å²) in [5.74, 6) is -0.717. The van der Waals surface area contributed by atoms with Gasteiger partial charge in [-0.2, -0.15) is 0 Å². The van der Waals surface area contributed by atoms with Gasteiger partial charge in [0.2, 0.25) is 5.56 Å². The van der Waals surface area contributed by atoms with Crippen molar-refractivity contribution >= 4 is 28.2 Å². The molecule has 0 spiro atoms. The smallest absolute Gasteiger partial charge is 0.259 e. The molecular weight excluding hydrogens is 345 g/mol. The summed E-state index contributed by atoms with van der Waals surface area (Å²) in [7, 11) is 2.00. The molecule has 0 radical (unpaired) electrons. The van der Waals surface area contributed by atoms with E-state index in [4.69, 9.17) is 0 Å². The maximum atomic E-state index is 13.6. The molecule has 1 unspecified atom stereocenters. The fraction of sp³-hybridized carbons (Fsp3) is 0.238. The summed E-state index contributed by atoms with van der Waals surface area (Å²) in [5.41, 5.74) is 1.95. The van der Waals surface area contributed by atoms with Crippen molar-refractivity contribution in [3.8, 4) is 0 Å². The van der Waals surface area contributed by atoms with E-state index in [1.54, 1.807) is 4.90 Å². The number of aromatic amines is 1. The Morgan fingerprint density at radius 3 is 2.67 bits per heavy atom. The first kappa shape index (κ1) is 17.3. The molecule has 1 aliphatic heterocycles. The zero-order chi connectivity index (χ0) is 19.1. The summed E-state index contributed by atoms with van der Waals surface area (Å²) in [6.07, 6.45) is 0.798. The molecule has 6 heteroatoms. The fourth-order valence-corrected chi connectivity index (χ4v) is 3.71. The lowest BCUT2D eigenvalue weighted by molar-refractivity contribution is 0.0979. The van der Waals surface area contributed by atoms with Gasteiger partial charge >= 0.3 is 0 Å². The first-order chi connectivity index (χ1) is 13.0. The number of carbonyl (C=O) groups excluding carboxylic acids is 1. The lowest BCUT2D eigenvalue weighted by Crippen LogP contribution is -2.39. The maximum absolute atomic E-state index is 13.6. The first-order valence-corrected chi connectivity index (χ1v) is 8.92. The molecular formula is C21H20FN3O2. The Morgan fingerprint density at radius 1 is 1.15 bits per heavy atom. The molecule has 1 aliphatic rings. The molecule has 0 saturated carbocycles. The van der Waals surface area contributed by atoms with Gasteiger partial charge in [-0.3, -0.25) is 9.59 Å². The molecule has 0 fully saturated rings. The van der Waals surface area contributed by atoms with E-state index in [9.17, 15) is 14.0 Å². The number of nitrogens with one attached hydrogen (secondary N) is 1. The number of rotatable bonds is 1. The highest BCUT2D eigenvalue weighted by Gasteiger charge is 2.30. The average molecular weight is 365 g/mol. The fourth-order valence-electron chi connectivity index (χ4n) is 3.71. The molecule has 138 valence electrons. The number of hydrogen-bond donors (Lipinski definition) is 1. The molecule has 3 aromatic rings. The van der Waals surface area contributed by atoms with E-state index < -0.39 is 11.4 Å². The third kappa shape index (κ3) is 2.97. The Hall–Kier alpha value is -3.15. The topological polar surface area (TPSA) is 56.4 Å². The van der Waals surface area contributed by atoms with Crippen LogP contribution in [0.15, 0.2) is 53.3 Å². The Balaban J connectivity index is 1.91.